The fraction of sp³-hybridized carbons (Fsp3) is 0.250. The van der Waals surface area contributed by atoms with Gasteiger partial charge in [0.2, 0.25) is 5.43 Å². The van der Waals surface area contributed by atoms with Gasteiger partial charge in [-0.1, -0.05) is 13.3 Å². The minimum absolute atomic E-state index is 0.0253. The van der Waals surface area contributed by atoms with Crippen LogP contribution in [0.5, 0.6) is 17.2 Å². The van der Waals surface area contributed by atoms with Crippen LogP contribution in [0.3, 0.4) is 0 Å². The van der Waals surface area contributed by atoms with E-state index in [1.165, 1.54) is 12.1 Å². The first-order valence-corrected chi connectivity index (χ1v) is 7.74. The van der Waals surface area contributed by atoms with Gasteiger partial charge in [-0.3, -0.25) is 4.79 Å². The van der Waals surface area contributed by atoms with E-state index in [9.17, 15) is 24.9 Å². The van der Waals surface area contributed by atoms with Gasteiger partial charge in [-0.2, -0.15) is 0 Å². The predicted molar refractivity (Wildman–Crippen MR) is 88.1 cm³/mol. The number of benzene rings is 1. The Morgan fingerprint density at radius 3 is 2.52 bits per heavy atom. The third-order valence-corrected chi connectivity index (χ3v) is 3.89. The Hall–Kier alpha value is -2.28. The lowest BCUT2D eigenvalue weighted by Crippen LogP contribution is -2.05. The molecule has 6 nitrogen and oxygen atoms in total. The van der Waals surface area contributed by atoms with Gasteiger partial charge >= 0.3 is 5.97 Å². The van der Waals surface area contributed by atoms with Gasteiger partial charge in [0.25, 0.3) is 0 Å². The van der Waals surface area contributed by atoms with Gasteiger partial charge in [-0.05, 0) is 45.9 Å². The monoisotopic (exact) mass is 382 g/mol. The maximum atomic E-state index is 12.2. The van der Waals surface area contributed by atoms with E-state index in [1.807, 2.05) is 6.92 Å². The lowest BCUT2D eigenvalue weighted by molar-refractivity contribution is 0.0499. The van der Waals surface area contributed by atoms with Gasteiger partial charge in [0.1, 0.15) is 0 Å². The zero-order chi connectivity index (χ0) is 17.1. The molecule has 0 aliphatic carbocycles. The highest BCUT2D eigenvalue weighted by Crippen LogP contribution is 2.39. The number of halogens is 1. The highest BCUT2D eigenvalue weighted by molar-refractivity contribution is 9.10. The van der Waals surface area contributed by atoms with E-state index in [0.29, 0.717) is 6.42 Å². The molecule has 7 heteroatoms. The third kappa shape index (κ3) is 3.39. The van der Waals surface area contributed by atoms with Crippen LogP contribution in [0.15, 0.2) is 27.5 Å². The molecule has 0 saturated carbocycles. The fourth-order valence-electron chi connectivity index (χ4n) is 2.06. The minimum atomic E-state index is -0.895. The summed E-state index contributed by atoms with van der Waals surface area (Å²) in [4.78, 5) is 24.2. The van der Waals surface area contributed by atoms with E-state index < -0.39 is 28.6 Å². The van der Waals surface area contributed by atoms with Crippen LogP contribution in [-0.4, -0.2) is 27.9 Å². The number of hydrogen-bond donors (Lipinski definition) is 3. The average Bonchev–Trinajstić information content (AvgIpc) is 2.63. The zero-order valence-corrected chi connectivity index (χ0v) is 13.9. The summed E-state index contributed by atoms with van der Waals surface area (Å²) in [6.45, 7) is 2.18. The molecule has 0 fully saturated rings. The van der Waals surface area contributed by atoms with E-state index >= 15 is 0 Å². The molecule has 0 aliphatic rings. The zero-order valence-electron chi connectivity index (χ0n) is 12.3. The second-order valence-corrected chi connectivity index (χ2v) is 5.82. The van der Waals surface area contributed by atoms with Crippen molar-refractivity contribution in [3.63, 3.8) is 0 Å². The standard InChI is InChI=1S/C16H15BrO6/c1-2-3-4-23-16(22)9-5-8-6-10(17)13(19)15(21)12(8)14(20)11(18)7-9/h5-7,19,21H,2-4H2,1H3,(H,18,20). The SMILES string of the molecule is CCCCOC(=O)c1cc(O)c(=O)c2c(O)c(O)c(Br)cc2c1. The number of ether oxygens (including phenoxy) is 1. The number of carbonyl (C=O) groups excluding carboxylic acids is 1. The summed E-state index contributed by atoms with van der Waals surface area (Å²) in [6.07, 6.45) is 1.55. The van der Waals surface area contributed by atoms with Crippen LogP contribution in [-0.2, 0) is 4.74 Å². The average molecular weight is 383 g/mol. The predicted octanol–water partition coefficient (Wildman–Crippen LogP) is 3.04. The van der Waals surface area contributed by atoms with Crippen molar-refractivity contribution in [2.24, 2.45) is 0 Å². The third-order valence-electron chi connectivity index (χ3n) is 3.29. The first-order valence-electron chi connectivity index (χ1n) is 6.95. The van der Waals surface area contributed by atoms with E-state index in [4.69, 9.17) is 4.74 Å². The van der Waals surface area contributed by atoms with E-state index in [2.05, 4.69) is 15.9 Å². The molecule has 0 unspecified atom stereocenters. The molecule has 0 bridgehead atoms. The summed E-state index contributed by atoms with van der Waals surface area (Å²) in [5, 5.41) is 29.4. The van der Waals surface area contributed by atoms with E-state index in [1.54, 1.807) is 0 Å². The van der Waals surface area contributed by atoms with Gasteiger partial charge < -0.3 is 20.1 Å². The van der Waals surface area contributed by atoms with Crippen molar-refractivity contribution in [2.45, 2.75) is 19.8 Å². The number of aromatic hydroxyl groups is 3. The number of hydrogen-bond acceptors (Lipinski definition) is 6. The molecule has 2 rings (SSSR count). The van der Waals surface area contributed by atoms with Crippen LogP contribution in [0.1, 0.15) is 30.1 Å². The van der Waals surface area contributed by atoms with Gasteiger partial charge in [-0.25, -0.2) is 4.79 Å². The van der Waals surface area contributed by atoms with Crippen LogP contribution in [0.4, 0.5) is 0 Å². The molecule has 122 valence electrons. The molecule has 3 N–H and O–H groups in total. The quantitative estimate of drug-likeness (QED) is 0.426. The van der Waals surface area contributed by atoms with Crippen molar-refractivity contribution >= 4 is 32.7 Å². The first kappa shape index (κ1) is 17.1. The normalized spacial score (nSPS) is 10.7. The Morgan fingerprint density at radius 1 is 1.17 bits per heavy atom. The van der Waals surface area contributed by atoms with Crippen LogP contribution in [0.2, 0.25) is 0 Å². The maximum Gasteiger partial charge on any atom is 0.338 e. The Labute approximate surface area is 140 Å². The van der Waals surface area contributed by atoms with Crippen LogP contribution in [0, 0.1) is 0 Å². The Balaban J connectivity index is 2.67. The maximum absolute atomic E-state index is 12.2. The van der Waals surface area contributed by atoms with Crippen molar-refractivity contribution in [2.75, 3.05) is 6.61 Å². The Kier molecular flexibility index (Phi) is 5.10. The number of carbonyl (C=O) groups is 1. The smallest absolute Gasteiger partial charge is 0.338 e. The van der Waals surface area contributed by atoms with Crippen LogP contribution >= 0.6 is 15.9 Å². The lowest BCUT2D eigenvalue weighted by Gasteiger charge is -2.04. The molecule has 0 atom stereocenters. The minimum Gasteiger partial charge on any atom is -0.504 e. The molecular formula is C16H15BrO6. The second-order valence-electron chi connectivity index (χ2n) is 4.97. The number of esters is 1. The Bertz CT molecular complexity index is 831. The Morgan fingerprint density at radius 2 is 1.87 bits per heavy atom. The number of fused-ring (bicyclic) bond motifs is 1. The van der Waals surface area contributed by atoms with E-state index in [-0.39, 0.29) is 27.4 Å². The van der Waals surface area contributed by atoms with Crippen molar-refractivity contribution in [3.05, 3.63) is 38.5 Å². The van der Waals surface area contributed by atoms with Crippen LogP contribution in [0.25, 0.3) is 10.8 Å². The molecule has 0 aliphatic heterocycles. The molecule has 0 aromatic heterocycles. The number of unbranched alkanes of at least 4 members (excludes halogenated alkanes) is 1. The van der Waals surface area contributed by atoms with Gasteiger partial charge in [0, 0.05) is 0 Å². The summed E-state index contributed by atoms with van der Waals surface area (Å²) >= 11 is 3.05. The number of phenols is 2. The van der Waals surface area contributed by atoms with Gasteiger partial charge in [-0.15, -0.1) is 0 Å². The summed E-state index contributed by atoms with van der Waals surface area (Å²) in [6, 6.07) is 3.67. The molecular weight excluding hydrogens is 368 g/mol. The first-order chi connectivity index (χ1) is 10.9. The molecule has 0 spiro atoms. The highest BCUT2D eigenvalue weighted by Gasteiger charge is 2.17. The van der Waals surface area contributed by atoms with Crippen molar-refractivity contribution in [1.82, 2.24) is 0 Å². The van der Waals surface area contributed by atoms with Gasteiger partial charge in [0.15, 0.2) is 17.2 Å². The van der Waals surface area contributed by atoms with Gasteiger partial charge in [0.05, 0.1) is 22.0 Å². The molecule has 2 aromatic rings. The van der Waals surface area contributed by atoms with Crippen molar-refractivity contribution in [3.8, 4) is 17.2 Å². The molecule has 0 heterocycles. The van der Waals surface area contributed by atoms with Crippen molar-refractivity contribution < 1.29 is 24.9 Å². The summed E-state index contributed by atoms with van der Waals surface area (Å²) in [7, 11) is 0. The highest BCUT2D eigenvalue weighted by atomic mass is 79.9. The fourth-order valence-corrected chi connectivity index (χ4v) is 2.49. The molecule has 0 saturated heterocycles. The molecule has 0 amide bonds. The molecule has 23 heavy (non-hydrogen) atoms. The van der Waals surface area contributed by atoms with E-state index in [0.717, 1.165) is 12.5 Å². The largest absolute Gasteiger partial charge is 0.504 e. The number of rotatable bonds is 4. The van der Waals surface area contributed by atoms with Crippen molar-refractivity contribution in [1.29, 1.82) is 0 Å². The summed E-state index contributed by atoms with van der Waals surface area (Å²) < 4.78 is 5.21. The second kappa shape index (κ2) is 6.87. The number of phenolic OH excluding ortho intramolecular Hbond substituents is 2. The topological polar surface area (TPSA) is 104 Å². The van der Waals surface area contributed by atoms with Crippen LogP contribution < -0.4 is 5.43 Å². The lowest BCUT2D eigenvalue weighted by atomic mass is 10.1. The molecule has 0 radical (unpaired) electrons. The molecule has 2 aromatic carbocycles. The summed E-state index contributed by atoms with van der Waals surface area (Å²) in [5.41, 5.74) is -0.921. The summed E-state index contributed by atoms with van der Waals surface area (Å²) in [5.74, 6) is -2.60.